The van der Waals surface area contributed by atoms with E-state index in [1.165, 1.54) is 21.3 Å². The van der Waals surface area contributed by atoms with Gasteiger partial charge in [-0.05, 0) is 0 Å². The lowest BCUT2D eigenvalue weighted by atomic mass is 10.2. The van der Waals surface area contributed by atoms with Crippen molar-refractivity contribution in [3.63, 3.8) is 0 Å². The van der Waals surface area contributed by atoms with Crippen molar-refractivity contribution >= 4 is 23.9 Å². The summed E-state index contributed by atoms with van der Waals surface area (Å²) in [5.41, 5.74) is 4.53. The van der Waals surface area contributed by atoms with Crippen LogP contribution < -0.4 is 16.0 Å². The number of quaternary nitrogens is 1. The summed E-state index contributed by atoms with van der Waals surface area (Å²) in [5.74, 6) is -1.59. The van der Waals surface area contributed by atoms with E-state index >= 15 is 0 Å². The molecule has 2 fully saturated rings. The van der Waals surface area contributed by atoms with E-state index in [0.29, 0.717) is 32.5 Å². The standard InChI is InChI=1S/C18H21F2N7O3/c19-13-7-12(8-14(20)16(13)22-2-5-25(11-28)4-1-21)26-10-18(30-17(26)29)9-15(18)27-6-3-23-24-27/h3,6-8,11,15,22H,1-2,4-5,9-10,21H2/p+1. The summed E-state index contributed by atoms with van der Waals surface area (Å²) >= 11 is 0. The van der Waals surface area contributed by atoms with Crippen LogP contribution in [0.2, 0.25) is 0 Å². The molecule has 2 aliphatic rings. The van der Waals surface area contributed by atoms with Crippen molar-refractivity contribution in [2.24, 2.45) is 5.73 Å². The molecule has 2 heterocycles. The van der Waals surface area contributed by atoms with Gasteiger partial charge in [-0.15, -0.1) is 5.10 Å². The van der Waals surface area contributed by atoms with Gasteiger partial charge in [-0.25, -0.2) is 18.3 Å². The zero-order valence-electron chi connectivity index (χ0n) is 16.1. The number of hydrogen-bond acceptors (Lipinski definition) is 6. The molecule has 1 spiro atoms. The SMILES string of the molecule is NCCN(C=O)CC[NH2+]c1c(F)cc(N2CC3(CC3n3ccnn3)OC2=O)cc1F. The van der Waals surface area contributed by atoms with Crippen LogP contribution in [0.3, 0.4) is 0 Å². The highest BCUT2D eigenvalue weighted by Crippen LogP contribution is 2.54. The van der Waals surface area contributed by atoms with Crippen LogP contribution in [0, 0.1) is 11.6 Å². The van der Waals surface area contributed by atoms with Crippen molar-refractivity contribution in [1.82, 2.24) is 19.9 Å². The fourth-order valence-corrected chi connectivity index (χ4v) is 3.74. The Labute approximate surface area is 170 Å². The maximum atomic E-state index is 14.6. The predicted molar refractivity (Wildman–Crippen MR) is 99.7 cm³/mol. The minimum Gasteiger partial charge on any atom is -0.438 e. The van der Waals surface area contributed by atoms with Crippen molar-refractivity contribution in [2.75, 3.05) is 37.6 Å². The number of ether oxygens (including phenoxy) is 1. The number of anilines is 1. The first-order valence-corrected chi connectivity index (χ1v) is 9.55. The van der Waals surface area contributed by atoms with Gasteiger partial charge in [-0.2, -0.15) is 0 Å². The second-order valence-electron chi connectivity index (χ2n) is 7.37. The average molecular weight is 422 g/mol. The first-order chi connectivity index (χ1) is 14.5. The Balaban J connectivity index is 1.43. The molecule has 0 radical (unpaired) electrons. The van der Waals surface area contributed by atoms with Gasteiger partial charge in [0.05, 0.1) is 37.6 Å². The van der Waals surface area contributed by atoms with E-state index in [1.54, 1.807) is 10.9 Å². The number of amides is 2. The highest BCUT2D eigenvalue weighted by molar-refractivity contribution is 5.91. The number of halogens is 2. The quantitative estimate of drug-likeness (QED) is 0.415. The third-order valence-electron chi connectivity index (χ3n) is 5.39. The smallest absolute Gasteiger partial charge is 0.415 e. The third kappa shape index (κ3) is 3.71. The summed E-state index contributed by atoms with van der Waals surface area (Å²) in [4.78, 5) is 25.9. The number of carbonyl (C=O) groups excluding carboxylic acids is 2. The molecule has 4 N–H and O–H groups in total. The molecule has 4 rings (SSSR count). The first-order valence-electron chi connectivity index (χ1n) is 9.55. The Morgan fingerprint density at radius 2 is 2.13 bits per heavy atom. The second kappa shape index (κ2) is 7.95. The van der Waals surface area contributed by atoms with Crippen molar-refractivity contribution in [1.29, 1.82) is 0 Å². The van der Waals surface area contributed by atoms with Crippen molar-refractivity contribution in [2.45, 2.75) is 18.1 Å². The van der Waals surface area contributed by atoms with Crippen LogP contribution in [0.25, 0.3) is 0 Å². The third-order valence-corrected chi connectivity index (χ3v) is 5.39. The molecule has 12 heteroatoms. The molecule has 1 aliphatic heterocycles. The van der Waals surface area contributed by atoms with Gasteiger partial charge in [0, 0.05) is 37.8 Å². The summed E-state index contributed by atoms with van der Waals surface area (Å²) in [6, 6.07) is 2.07. The maximum absolute atomic E-state index is 14.6. The summed E-state index contributed by atoms with van der Waals surface area (Å²) in [5, 5.41) is 9.05. The minimum atomic E-state index is -0.793. The van der Waals surface area contributed by atoms with Gasteiger partial charge in [-0.1, -0.05) is 5.21 Å². The molecule has 2 unspecified atom stereocenters. The van der Waals surface area contributed by atoms with Crippen LogP contribution in [0.5, 0.6) is 0 Å². The number of rotatable bonds is 9. The number of nitrogens with zero attached hydrogens (tertiary/aromatic N) is 5. The van der Waals surface area contributed by atoms with E-state index in [-0.39, 0.29) is 30.5 Å². The van der Waals surface area contributed by atoms with Crippen LogP contribution in [0.15, 0.2) is 24.5 Å². The van der Waals surface area contributed by atoms with Gasteiger partial charge in [0.2, 0.25) is 12.1 Å². The van der Waals surface area contributed by atoms with Crippen LogP contribution in [-0.2, 0) is 9.53 Å². The van der Waals surface area contributed by atoms with Crippen LogP contribution in [0.4, 0.5) is 25.0 Å². The van der Waals surface area contributed by atoms with Crippen molar-refractivity contribution < 1.29 is 28.4 Å². The topological polar surface area (TPSA) is 123 Å². The average Bonchev–Trinajstić information content (AvgIpc) is 3.06. The van der Waals surface area contributed by atoms with E-state index in [0.717, 1.165) is 12.1 Å². The molecule has 1 aromatic heterocycles. The molecule has 160 valence electrons. The van der Waals surface area contributed by atoms with E-state index in [9.17, 15) is 18.4 Å². The summed E-state index contributed by atoms with van der Waals surface area (Å²) in [7, 11) is 0. The van der Waals surface area contributed by atoms with Crippen molar-refractivity contribution in [3.8, 4) is 0 Å². The van der Waals surface area contributed by atoms with Crippen LogP contribution in [0.1, 0.15) is 12.5 Å². The van der Waals surface area contributed by atoms with Crippen LogP contribution >= 0.6 is 0 Å². The molecule has 0 bridgehead atoms. The highest BCUT2D eigenvalue weighted by Gasteiger charge is 2.65. The van der Waals surface area contributed by atoms with Gasteiger partial charge < -0.3 is 20.7 Å². The highest BCUT2D eigenvalue weighted by atomic mass is 19.1. The lowest BCUT2D eigenvalue weighted by Crippen LogP contribution is -2.80. The van der Waals surface area contributed by atoms with E-state index in [1.807, 2.05) is 0 Å². The lowest BCUT2D eigenvalue weighted by molar-refractivity contribution is -0.574. The van der Waals surface area contributed by atoms with E-state index in [4.69, 9.17) is 10.5 Å². The summed E-state index contributed by atoms with van der Waals surface area (Å²) < 4.78 is 36.3. The van der Waals surface area contributed by atoms with Gasteiger partial charge >= 0.3 is 6.09 Å². The van der Waals surface area contributed by atoms with Crippen molar-refractivity contribution in [3.05, 3.63) is 36.2 Å². The fraction of sp³-hybridized carbons (Fsp3) is 0.444. The zero-order chi connectivity index (χ0) is 21.3. The maximum Gasteiger partial charge on any atom is 0.415 e. The monoisotopic (exact) mass is 422 g/mol. The van der Waals surface area contributed by atoms with E-state index < -0.39 is 23.3 Å². The molecule has 2 atom stereocenters. The predicted octanol–water partition coefficient (Wildman–Crippen LogP) is -0.491. The number of carbonyl (C=O) groups is 2. The Morgan fingerprint density at radius 3 is 2.77 bits per heavy atom. The molecular formula is C18H22F2N7O3+. The largest absolute Gasteiger partial charge is 0.438 e. The summed E-state index contributed by atoms with van der Waals surface area (Å²) in [6.07, 6.45) is 3.77. The number of aromatic nitrogens is 3. The van der Waals surface area contributed by atoms with E-state index in [2.05, 4.69) is 10.3 Å². The Bertz CT molecular complexity index is 919. The molecule has 1 aromatic carbocycles. The molecule has 10 nitrogen and oxygen atoms in total. The fourth-order valence-electron chi connectivity index (χ4n) is 3.74. The zero-order valence-corrected chi connectivity index (χ0v) is 16.1. The molecule has 1 saturated heterocycles. The number of benzene rings is 1. The van der Waals surface area contributed by atoms with Gasteiger partial charge in [-0.3, -0.25) is 9.69 Å². The second-order valence-corrected chi connectivity index (χ2v) is 7.37. The van der Waals surface area contributed by atoms with Gasteiger partial charge in [0.15, 0.2) is 17.2 Å². The molecule has 2 amide bonds. The molecule has 30 heavy (non-hydrogen) atoms. The van der Waals surface area contributed by atoms with Gasteiger partial charge in [0.25, 0.3) is 0 Å². The van der Waals surface area contributed by atoms with Gasteiger partial charge in [0.1, 0.15) is 0 Å². The lowest BCUT2D eigenvalue weighted by Gasteiger charge is -2.16. The number of hydrogen-bond donors (Lipinski definition) is 2. The Hall–Kier alpha value is -3.12. The number of nitrogens with two attached hydrogens (primary N) is 2. The molecular weight excluding hydrogens is 400 g/mol. The normalized spacial score (nSPS) is 22.4. The Morgan fingerprint density at radius 1 is 1.37 bits per heavy atom. The first kappa shape index (κ1) is 20.2. The summed E-state index contributed by atoms with van der Waals surface area (Å²) in [6.45, 7) is 1.41. The molecule has 1 saturated carbocycles. The minimum absolute atomic E-state index is 0.0888. The molecule has 1 aliphatic carbocycles. The molecule has 2 aromatic rings. The van der Waals surface area contributed by atoms with Crippen LogP contribution in [-0.4, -0.2) is 70.7 Å². The Kier molecular flexibility index (Phi) is 5.35.